The highest BCUT2D eigenvalue weighted by atomic mass is 28.4. The Labute approximate surface area is 253 Å². The number of amides is 1. The predicted molar refractivity (Wildman–Crippen MR) is 176 cm³/mol. The third-order valence-electron chi connectivity index (χ3n) is 7.71. The van der Waals surface area contributed by atoms with Gasteiger partial charge in [-0.15, -0.1) is 0 Å². The fraction of sp³-hybridized carbons (Fsp3) is 0.781. The summed E-state index contributed by atoms with van der Waals surface area (Å²) in [6, 6.07) is 9.73. The molecule has 5 N–H and O–H groups in total. The van der Waals surface area contributed by atoms with Crippen LogP contribution in [0.4, 0.5) is 4.79 Å². The van der Waals surface area contributed by atoms with Crippen LogP contribution in [-0.4, -0.2) is 79.4 Å². The van der Waals surface area contributed by atoms with Crippen LogP contribution in [-0.2, 0) is 15.8 Å². The summed E-state index contributed by atoms with van der Waals surface area (Å²) in [6.07, 6.45) is 7.79. The molecule has 8 nitrogen and oxygen atoms in total. The van der Waals surface area contributed by atoms with Crippen LogP contribution in [0.3, 0.4) is 0 Å². The van der Waals surface area contributed by atoms with E-state index >= 15 is 0 Å². The molecule has 1 aromatic rings. The molecule has 0 aromatic heterocycles. The summed E-state index contributed by atoms with van der Waals surface area (Å²) in [4.78, 5) is 11.7. The van der Waals surface area contributed by atoms with Gasteiger partial charge in [-0.25, -0.2) is 4.79 Å². The van der Waals surface area contributed by atoms with Crippen molar-refractivity contribution >= 4 is 14.4 Å². The molecule has 1 atom stereocenters. The predicted octanol–water partition coefficient (Wildman–Crippen LogP) is 5.41. The van der Waals surface area contributed by atoms with E-state index in [9.17, 15) is 4.79 Å². The van der Waals surface area contributed by atoms with Crippen molar-refractivity contribution < 1.29 is 14.0 Å². The summed E-state index contributed by atoms with van der Waals surface area (Å²) in [7, 11) is -1.74. The Morgan fingerprint density at radius 3 is 1.80 bits per heavy atom. The lowest BCUT2D eigenvalue weighted by Crippen LogP contribution is -2.47. The van der Waals surface area contributed by atoms with Crippen LogP contribution in [0.15, 0.2) is 30.3 Å². The van der Waals surface area contributed by atoms with Gasteiger partial charge >= 0.3 is 6.09 Å². The van der Waals surface area contributed by atoms with Gasteiger partial charge in [0.05, 0.1) is 6.10 Å². The van der Waals surface area contributed by atoms with E-state index in [0.717, 1.165) is 77.2 Å². The van der Waals surface area contributed by atoms with Crippen molar-refractivity contribution in [2.45, 2.75) is 103 Å². The van der Waals surface area contributed by atoms with Crippen molar-refractivity contribution in [1.82, 2.24) is 26.6 Å². The quantitative estimate of drug-likeness (QED) is 0.0764. The number of benzene rings is 1. The second kappa shape index (κ2) is 23.0. The summed E-state index contributed by atoms with van der Waals surface area (Å²) in [5.74, 6) is 0. The first kappa shape index (κ1) is 37.5. The molecule has 0 spiro atoms. The first-order chi connectivity index (χ1) is 19.7. The highest BCUT2D eigenvalue weighted by molar-refractivity contribution is 6.74. The van der Waals surface area contributed by atoms with E-state index in [1.165, 1.54) is 25.7 Å². The van der Waals surface area contributed by atoms with E-state index in [0.29, 0.717) is 13.2 Å². The maximum Gasteiger partial charge on any atom is 0.407 e. The largest absolute Gasteiger partial charge is 0.445 e. The Morgan fingerprint density at radius 2 is 1.29 bits per heavy atom. The lowest BCUT2D eigenvalue weighted by atomic mass is 10.2. The molecule has 0 heterocycles. The number of unbranched alkanes of at least 4 members (excludes halogenated alkanes) is 3. The molecule has 238 valence electrons. The highest BCUT2D eigenvalue weighted by Crippen LogP contribution is 2.37. The van der Waals surface area contributed by atoms with Gasteiger partial charge in [-0.2, -0.15) is 0 Å². The van der Waals surface area contributed by atoms with Crippen molar-refractivity contribution in [2.24, 2.45) is 0 Å². The molecule has 0 fully saturated rings. The monoisotopic (exact) mass is 593 g/mol. The molecule has 0 saturated heterocycles. The van der Waals surface area contributed by atoms with Gasteiger partial charge in [0.1, 0.15) is 6.61 Å². The molecular weight excluding hydrogens is 530 g/mol. The molecular formula is C32H63N5O3Si. The normalized spacial score (nSPS) is 12.8. The summed E-state index contributed by atoms with van der Waals surface area (Å²) in [6.45, 7) is 23.0. The second-order valence-corrected chi connectivity index (χ2v) is 17.2. The van der Waals surface area contributed by atoms with Crippen LogP contribution in [0.2, 0.25) is 18.1 Å². The molecule has 1 aromatic carbocycles. The third-order valence-corrected chi connectivity index (χ3v) is 12.2. The van der Waals surface area contributed by atoms with Crippen molar-refractivity contribution in [3.8, 4) is 0 Å². The van der Waals surface area contributed by atoms with Crippen molar-refractivity contribution in [2.75, 3.05) is 58.9 Å². The van der Waals surface area contributed by atoms with Crippen LogP contribution >= 0.6 is 0 Å². The minimum atomic E-state index is -1.74. The number of ether oxygens (including phenoxy) is 1. The minimum Gasteiger partial charge on any atom is -0.445 e. The molecule has 1 rings (SSSR count). The maximum atomic E-state index is 11.7. The highest BCUT2D eigenvalue weighted by Gasteiger charge is 2.38. The average Bonchev–Trinajstić information content (AvgIpc) is 2.93. The van der Waals surface area contributed by atoms with Crippen LogP contribution in [0.1, 0.15) is 78.2 Å². The number of likely N-dealkylation sites (N-methyl/N-ethyl adjacent to an activating group) is 1. The smallest absolute Gasteiger partial charge is 0.407 e. The van der Waals surface area contributed by atoms with E-state index in [-0.39, 0.29) is 17.2 Å². The molecule has 0 aliphatic rings. The summed E-state index contributed by atoms with van der Waals surface area (Å²) >= 11 is 0. The van der Waals surface area contributed by atoms with Gasteiger partial charge in [0.25, 0.3) is 0 Å². The first-order valence-corrected chi connectivity index (χ1v) is 19.0. The molecule has 1 unspecified atom stereocenters. The lowest BCUT2D eigenvalue weighted by molar-refractivity contribution is 0.139. The number of nitrogens with one attached hydrogen (secondary N) is 5. The number of carbonyl (C=O) groups is 1. The van der Waals surface area contributed by atoms with Gasteiger partial charge in [0.2, 0.25) is 0 Å². The summed E-state index contributed by atoms with van der Waals surface area (Å²) in [5, 5.41) is 17.2. The number of alkyl carbamates (subject to hydrolysis) is 1. The van der Waals surface area contributed by atoms with Gasteiger partial charge < -0.3 is 35.7 Å². The number of carbonyl (C=O) groups excluding carboxylic acids is 1. The molecule has 0 bridgehead atoms. The Bertz CT molecular complexity index is 761. The SMILES string of the molecule is CCNCC(CCNCCCCNCCCCNCCCCNC(=O)OCc1ccccc1)O[Si](C)(C)C(C)(C)C. The van der Waals surface area contributed by atoms with Gasteiger partial charge in [0.15, 0.2) is 8.32 Å². The number of hydrogen-bond acceptors (Lipinski definition) is 7. The Kier molecular flexibility index (Phi) is 21.1. The zero-order chi connectivity index (χ0) is 30.2. The fourth-order valence-electron chi connectivity index (χ4n) is 4.08. The third kappa shape index (κ3) is 20.1. The molecule has 0 aliphatic carbocycles. The maximum absolute atomic E-state index is 11.7. The molecule has 0 saturated carbocycles. The summed E-state index contributed by atoms with van der Waals surface area (Å²) < 4.78 is 11.9. The molecule has 0 radical (unpaired) electrons. The summed E-state index contributed by atoms with van der Waals surface area (Å²) in [5.41, 5.74) is 0.998. The number of rotatable bonds is 25. The Balaban J connectivity index is 1.87. The molecule has 1 amide bonds. The molecule has 9 heteroatoms. The van der Waals surface area contributed by atoms with Gasteiger partial charge in [-0.1, -0.05) is 58.0 Å². The molecule has 0 aliphatic heterocycles. The first-order valence-electron chi connectivity index (χ1n) is 16.1. The Hall–Kier alpha value is -1.49. The second-order valence-electron chi connectivity index (χ2n) is 12.5. The van der Waals surface area contributed by atoms with E-state index in [2.05, 4.69) is 67.4 Å². The van der Waals surface area contributed by atoms with Crippen molar-refractivity contribution in [3.05, 3.63) is 35.9 Å². The van der Waals surface area contributed by atoms with Crippen molar-refractivity contribution in [3.63, 3.8) is 0 Å². The van der Waals surface area contributed by atoms with Gasteiger partial charge in [0, 0.05) is 13.1 Å². The van der Waals surface area contributed by atoms with Gasteiger partial charge in [-0.05, 0) is 114 Å². The van der Waals surface area contributed by atoms with Crippen LogP contribution in [0.5, 0.6) is 0 Å². The minimum absolute atomic E-state index is 0.245. The van der Waals surface area contributed by atoms with Crippen LogP contribution in [0.25, 0.3) is 0 Å². The number of hydrogen-bond donors (Lipinski definition) is 5. The van der Waals surface area contributed by atoms with Crippen LogP contribution in [0, 0.1) is 0 Å². The van der Waals surface area contributed by atoms with Gasteiger partial charge in [-0.3, -0.25) is 0 Å². The van der Waals surface area contributed by atoms with Crippen LogP contribution < -0.4 is 26.6 Å². The van der Waals surface area contributed by atoms with E-state index in [1.54, 1.807) is 0 Å². The van der Waals surface area contributed by atoms with E-state index < -0.39 is 8.32 Å². The average molecular weight is 594 g/mol. The zero-order valence-electron chi connectivity index (χ0n) is 27.2. The van der Waals surface area contributed by atoms with E-state index in [1.807, 2.05) is 30.3 Å². The standard InChI is InChI=1S/C32H63N5O3Si/c1-7-33-27-30(40-41(5,6)32(2,3)4)19-26-36-24-14-13-22-34-20-11-12-21-35-23-15-16-25-37-31(38)39-28-29-17-9-8-10-18-29/h8-10,17-18,30,33-36H,7,11-16,19-28H2,1-6H3,(H,37,38). The van der Waals surface area contributed by atoms with E-state index in [4.69, 9.17) is 9.16 Å². The topological polar surface area (TPSA) is 95.7 Å². The lowest BCUT2D eigenvalue weighted by Gasteiger charge is -2.39. The molecule has 41 heavy (non-hydrogen) atoms. The van der Waals surface area contributed by atoms with Crippen molar-refractivity contribution in [1.29, 1.82) is 0 Å². The zero-order valence-corrected chi connectivity index (χ0v) is 28.2. The Morgan fingerprint density at radius 1 is 0.780 bits per heavy atom. The fourth-order valence-corrected chi connectivity index (χ4v) is 5.47.